The molecule has 2 fully saturated rings. The first-order chi connectivity index (χ1) is 16.9. The van der Waals surface area contributed by atoms with Crippen molar-refractivity contribution in [3.8, 4) is 0 Å². The number of rotatable bonds is 6. The molecule has 0 aliphatic heterocycles. The van der Waals surface area contributed by atoms with E-state index in [4.69, 9.17) is 16.6 Å². The van der Waals surface area contributed by atoms with Crippen LogP contribution in [0.2, 0.25) is 5.02 Å². The molecule has 2 aliphatic rings. The number of carbonyl (C=O) groups is 1. The summed E-state index contributed by atoms with van der Waals surface area (Å²) in [4.78, 5) is 20.5. The molecule has 2 N–H and O–H groups in total. The smallest absolute Gasteiger partial charge is 0.230 e. The molecule has 0 saturated heterocycles. The lowest BCUT2D eigenvalue weighted by atomic mass is 9.77. The monoisotopic (exact) mass is 490 g/mol. The average molecular weight is 491 g/mol. The third-order valence-corrected chi connectivity index (χ3v) is 8.13. The van der Waals surface area contributed by atoms with Crippen molar-refractivity contribution < 1.29 is 4.79 Å². The molecule has 1 amide bonds. The average Bonchev–Trinajstić information content (AvgIpc) is 3.36. The van der Waals surface area contributed by atoms with Gasteiger partial charge in [0.05, 0.1) is 10.9 Å². The molecule has 0 unspecified atom stereocenters. The molecule has 5 rings (SSSR count). The lowest BCUT2D eigenvalue weighted by Crippen LogP contribution is -2.48. The number of hydrogen-bond donors (Lipinski definition) is 2. The van der Waals surface area contributed by atoms with E-state index in [-0.39, 0.29) is 11.9 Å². The van der Waals surface area contributed by atoms with Crippen LogP contribution in [0.1, 0.15) is 56.9 Å². The Labute approximate surface area is 213 Å². The van der Waals surface area contributed by atoms with Gasteiger partial charge in [-0.1, -0.05) is 54.8 Å². The predicted molar refractivity (Wildman–Crippen MR) is 145 cm³/mol. The molecule has 2 aliphatic carbocycles. The van der Waals surface area contributed by atoms with Crippen LogP contribution in [-0.2, 0) is 10.2 Å². The number of amides is 1. The summed E-state index contributed by atoms with van der Waals surface area (Å²) in [7, 11) is 4.14. The highest BCUT2D eigenvalue weighted by Crippen LogP contribution is 2.42. The molecule has 0 spiro atoms. The lowest BCUT2D eigenvalue weighted by molar-refractivity contribution is -0.127. The molecule has 0 radical (unpaired) electrons. The number of anilines is 2. The summed E-state index contributed by atoms with van der Waals surface area (Å²) in [5.74, 6) is 1.12. The molecule has 5 nitrogen and oxygen atoms in total. The minimum absolute atomic E-state index is 0.195. The van der Waals surface area contributed by atoms with E-state index in [1.54, 1.807) is 0 Å². The predicted octanol–water partition coefficient (Wildman–Crippen LogP) is 6.31. The molecule has 35 heavy (non-hydrogen) atoms. The van der Waals surface area contributed by atoms with Crippen LogP contribution >= 0.6 is 11.6 Å². The topological polar surface area (TPSA) is 57.3 Å². The Balaban J connectivity index is 1.22. The number of aromatic nitrogens is 1. The first-order valence-corrected chi connectivity index (χ1v) is 13.2. The number of hydrogen-bond acceptors (Lipinski definition) is 4. The van der Waals surface area contributed by atoms with Crippen molar-refractivity contribution in [2.75, 3.05) is 24.3 Å². The number of halogens is 1. The van der Waals surface area contributed by atoms with E-state index in [1.807, 2.05) is 30.3 Å². The molecule has 1 aromatic heterocycles. The van der Waals surface area contributed by atoms with Gasteiger partial charge in [-0.25, -0.2) is 4.98 Å². The molecule has 184 valence electrons. The second kappa shape index (κ2) is 10.1. The summed E-state index contributed by atoms with van der Waals surface area (Å²) in [5, 5.41) is 8.98. The van der Waals surface area contributed by atoms with Crippen molar-refractivity contribution in [2.24, 2.45) is 0 Å². The third kappa shape index (κ3) is 4.97. The third-order valence-electron chi connectivity index (χ3n) is 7.88. The van der Waals surface area contributed by atoms with Crippen LogP contribution in [0.4, 0.5) is 11.5 Å². The molecule has 2 aromatic carbocycles. The summed E-state index contributed by atoms with van der Waals surface area (Å²) >= 11 is 6.11. The largest absolute Gasteiger partial charge is 0.377 e. The van der Waals surface area contributed by atoms with Gasteiger partial charge in [0.25, 0.3) is 0 Å². The SMILES string of the molecule is CN(C)c1cc(NC2CCC(NC(=O)C3(c4ccc(Cl)cc4)CCCC3)CC2)nc2ccccc12. The van der Waals surface area contributed by atoms with E-state index in [9.17, 15) is 4.79 Å². The molecule has 1 heterocycles. The maximum atomic E-state index is 13.5. The molecular formula is C29H35ClN4O. The van der Waals surface area contributed by atoms with Gasteiger partial charge in [-0.15, -0.1) is 0 Å². The van der Waals surface area contributed by atoms with E-state index in [1.165, 1.54) is 5.69 Å². The Hall–Kier alpha value is -2.79. The normalized spacial score (nSPS) is 21.6. The fourth-order valence-corrected chi connectivity index (χ4v) is 6.04. The second-order valence-electron chi connectivity index (χ2n) is 10.4. The van der Waals surface area contributed by atoms with Gasteiger partial charge in [0.2, 0.25) is 5.91 Å². The Morgan fingerprint density at radius 2 is 1.63 bits per heavy atom. The number of carbonyl (C=O) groups excluding carboxylic acids is 1. The van der Waals surface area contributed by atoms with Crippen molar-refractivity contribution >= 4 is 39.9 Å². The van der Waals surface area contributed by atoms with Crippen molar-refractivity contribution in [3.05, 3.63) is 65.2 Å². The van der Waals surface area contributed by atoms with Crippen LogP contribution in [0.15, 0.2) is 54.6 Å². The van der Waals surface area contributed by atoms with Gasteiger partial charge < -0.3 is 15.5 Å². The van der Waals surface area contributed by atoms with Crippen LogP contribution < -0.4 is 15.5 Å². The van der Waals surface area contributed by atoms with Gasteiger partial charge in [-0.3, -0.25) is 4.79 Å². The number of benzene rings is 2. The van der Waals surface area contributed by atoms with E-state index in [2.05, 4.69) is 53.9 Å². The fourth-order valence-electron chi connectivity index (χ4n) is 5.91. The highest BCUT2D eigenvalue weighted by molar-refractivity contribution is 6.30. The summed E-state index contributed by atoms with van der Waals surface area (Å²) in [6.45, 7) is 0. The van der Waals surface area contributed by atoms with Crippen LogP contribution in [0.5, 0.6) is 0 Å². The van der Waals surface area contributed by atoms with Crippen LogP contribution in [0, 0.1) is 0 Å². The van der Waals surface area contributed by atoms with E-state index in [0.717, 1.165) is 73.7 Å². The molecule has 0 bridgehead atoms. The molecule has 6 heteroatoms. The Morgan fingerprint density at radius 1 is 0.971 bits per heavy atom. The van der Waals surface area contributed by atoms with Gasteiger partial charge in [-0.2, -0.15) is 0 Å². The van der Waals surface area contributed by atoms with Crippen molar-refractivity contribution in [3.63, 3.8) is 0 Å². The number of nitrogens with one attached hydrogen (secondary N) is 2. The number of pyridine rings is 1. The second-order valence-corrected chi connectivity index (χ2v) is 10.8. The van der Waals surface area contributed by atoms with Gasteiger partial charge in [0.1, 0.15) is 5.82 Å². The molecule has 3 aromatic rings. The van der Waals surface area contributed by atoms with E-state index < -0.39 is 5.41 Å². The highest BCUT2D eigenvalue weighted by atomic mass is 35.5. The Bertz CT molecular complexity index is 1180. The molecule has 0 atom stereocenters. The summed E-state index contributed by atoms with van der Waals surface area (Å²) < 4.78 is 0. The summed E-state index contributed by atoms with van der Waals surface area (Å²) in [5.41, 5.74) is 2.87. The Morgan fingerprint density at radius 3 is 2.31 bits per heavy atom. The van der Waals surface area contributed by atoms with E-state index in [0.29, 0.717) is 11.1 Å². The van der Waals surface area contributed by atoms with Crippen LogP contribution in [0.3, 0.4) is 0 Å². The number of para-hydroxylation sites is 1. The van der Waals surface area contributed by atoms with Gasteiger partial charge in [0, 0.05) is 48.3 Å². The van der Waals surface area contributed by atoms with E-state index >= 15 is 0 Å². The quantitative estimate of drug-likeness (QED) is 0.425. The fraction of sp³-hybridized carbons (Fsp3) is 0.448. The maximum absolute atomic E-state index is 13.5. The summed E-state index contributed by atoms with van der Waals surface area (Å²) in [6.07, 6.45) is 8.02. The van der Waals surface area contributed by atoms with Gasteiger partial charge in [0.15, 0.2) is 0 Å². The zero-order valence-corrected chi connectivity index (χ0v) is 21.4. The minimum Gasteiger partial charge on any atom is -0.377 e. The van der Waals surface area contributed by atoms with Gasteiger partial charge in [-0.05, 0) is 62.3 Å². The first-order valence-electron chi connectivity index (χ1n) is 12.9. The van der Waals surface area contributed by atoms with Crippen LogP contribution in [-0.4, -0.2) is 37.1 Å². The zero-order chi connectivity index (χ0) is 24.4. The number of fused-ring (bicyclic) bond motifs is 1. The van der Waals surface area contributed by atoms with Gasteiger partial charge >= 0.3 is 0 Å². The number of nitrogens with zero attached hydrogens (tertiary/aromatic N) is 2. The van der Waals surface area contributed by atoms with Crippen LogP contribution in [0.25, 0.3) is 10.9 Å². The summed E-state index contributed by atoms with van der Waals surface area (Å²) in [6, 6.07) is 18.9. The minimum atomic E-state index is -0.405. The maximum Gasteiger partial charge on any atom is 0.230 e. The van der Waals surface area contributed by atoms with Crippen molar-refractivity contribution in [1.29, 1.82) is 0 Å². The molecular weight excluding hydrogens is 456 g/mol. The zero-order valence-electron chi connectivity index (χ0n) is 20.7. The first kappa shape index (κ1) is 23.9. The molecule has 2 saturated carbocycles. The highest BCUT2D eigenvalue weighted by Gasteiger charge is 2.43. The van der Waals surface area contributed by atoms with Crippen molar-refractivity contribution in [2.45, 2.75) is 68.9 Å². The lowest BCUT2D eigenvalue weighted by Gasteiger charge is -2.34. The van der Waals surface area contributed by atoms with Crippen molar-refractivity contribution in [1.82, 2.24) is 10.3 Å². The standard InChI is InChI=1S/C29H35ClN4O/c1-34(2)26-19-27(33-25-8-4-3-7-24(25)26)31-22-13-15-23(16-14-22)32-28(35)29(17-5-6-18-29)20-9-11-21(30)12-10-20/h3-4,7-12,19,22-23H,5-6,13-18H2,1-2H3,(H,31,33)(H,32,35). The Kier molecular flexibility index (Phi) is 6.88.